The highest BCUT2D eigenvalue weighted by Crippen LogP contribution is 2.67. The SMILES string of the molecule is CC1CCC2C3CCC4N5C(=O)C(=O)OC5(O)C(Br)CC4(C)C3CCC12C. The third-order valence-electron chi connectivity index (χ3n) is 9.61. The van der Waals surface area contributed by atoms with Crippen LogP contribution in [0.25, 0.3) is 0 Å². The van der Waals surface area contributed by atoms with Crippen molar-refractivity contribution in [1.29, 1.82) is 0 Å². The van der Waals surface area contributed by atoms with Gasteiger partial charge in [-0.1, -0.05) is 36.7 Å². The van der Waals surface area contributed by atoms with Gasteiger partial charge < -0.3 is 9.84 Å². The van der Waals surface area contributed by atoms with Gasteiger partial charge in [-0.05, 0) is 79.4 Å². The van der Waals surface area contributed by atoms with Crippen molar-refractivity contribution in [3.63, 3.8) is 0 Å². The number of piperidine rings is 1. The number of hydrogen-bond acceptors (Lipinski definition) is 4. The van der Waals surface area contributed by atoms with E-state index in [9.17, 15) is 14.7 Å². The fourth-order valence-corrected chi connectivity index (χ4v) is 8.99. The van der Waals surface area contributed by atoms with E-state index in [1.807, 2.05) is 0 Å². The maximum Gasteiger partial charge on any atom is 0.401 e. The zero-order valence-corrected chi connectivity index (χ0v) is 18.0. The number of carbonyl (C=O) groups is 2. The molecule has 9 atom stereocenters. The van der Waals surface area contributed by atoms with E-state index < -0.39 is 22.6 Å². The second-order valence-corrected chi connectivity index (χ2v) is 11.5. The molecular formula is C21H30BrNO4. The maximum atomic E-state index is 12.6. The molecule has 3 saturated carbocycles. The lowest BCUT2D eigenvalue weighted by molar-refractivity contribution is -0.287. The highest BCUT2D eigenvalue weighted by molar-refractivity contribution is 9.09. The number of amides is 1. The molecule has 3 aliphatic carbocycles. The van der Waals surface area contributed by atoms with Gasteiger partial charge in [0.05, 0.1) is 0 Å². The summed E-state index contributed by atoms with van der Waals surface area (Å²) >= 11 is 3.58. The Morgan fingerprint density at radius 1 is 1.07 bits per heavy atom. The Labute approximate surface area is 169 Å². The normalized spacial score (nSPS) is 56.9. The Hall–Kier alpha value is -0.620. The number of halogens is 1. The van der Waals surface area contributed by atoms with Crippen molar-refractivity contribution in [1.82, 2.24) is 4.90 Å². The van der Waals surface area contributed by atoms with E-state index >= 15 is 0 Å². The maximum absolute atomic E-state index is 12.6. The molecule has 5 aliphatic rings. The molecule has 5 rings (SSSR count). The summed E-state index contributed by atoms with van der Waals surface area (Å²) < 4.78 is 5.15. The quantitative estimate of drug-likeness (QED) is 0.356. The smallest absolute Gasteiger partial charge is 0.401 e. The van der Waals surface area contributed by atoms with E-state index in [0.29, 0.717) is 17.3 Å². The molecule has 0 aromatic rings. The van der Waals surface area contributed by atoms with E-state index in [2.05, 4.69) is 36.7 Å². The number of hydrogen-bond donors (Lipinski definition) is 1. The molecular weight excluding hydrogens is 410 g/mol. The summed E-state index contributed by atoms with van der Waals surface area (Å²) in [5.74, 6) is -0.634. The van der Waals surface area contributed by atoms with Gasteiger partial charge >= 0.3 is 17.8 Å². The van der Waals surface area contributed by atoms with Crippen molar-refractivity contribution in [2.24, 2.45) is 34.5 Å². The lowest BCUT2D eigenvalue weighted by atomic mass is 9.46. The molecule has 1 amide bonds. The number of esters is 1. The minimum absolute atomic E-state index is 0.0971. The predicted molar refractivity (Wildman–Crippen MR) is 103 cm³/mol. The molecule has 2 aliphatic heterocycles. The number of carbonyl (C=O) groups excluding carboxylic acids is 2. The molecule has 27 heavy (non-hydrogen) atoms. The van der Waals surface area contributed by atoms with E-state index in [0.717, 1.165) is 31.1 Å². The molecule has 2 saturated heterocycles. The molecule has 0 aromatic heterocycles. The molecule has 2 heterocycles. The first-order valence-corrected chi connectivity index (χ1v) is 11.5. The lowest BCUT2D eigenvalue weighted by Crippen LogP contribution is -2.70. The molecule has 5 fully saturated rings. The molecule has 150 valence electrons. The van der Waals surface area contributed by atoms with Crippen molar-refractivity contribution in [3.8, 4) is 0 Å². The molecule has 5 nitrogen and oxygen atoms in total. The lowest BCUT2D eigenvalue weighted by Gasteiger charge is -2.63. The van der Waals surface area contributed by atoms with Gasteiger partial charge in [0, 0.05) is 6.04 Å². The number of alkyl halides is 1. The van der Waals surface area contributed by atoms with Gasteiger partial charge in [0.15, 0.2) is 0 Å². The molecule has 9 unspecified atom stereocenters. The number of fused-ring (bicyclic) bond motifs is 7. The average molecular weight is 440 g/mol. The van der Waals surface area contributed by atoms with Crippen molar-refractivity contribution >= 4 is 27.8 Å². The van der Waals surface area contributed by atoms with Crippen LogP contribution in [0.5, 0.6) is 0 Å². The summed E-state index contributed by atoms with van der Waals surface area (Å²) in [6.07, 6.45) is 7.75. The predicted octanol–water partition coefficient (Wildman–Crippen LogP) is 3.43. The molecule has 0 bridgehead atoms. The zero-order chi connectivity index (χ0) is 19.4. The van der Waals surface area contributed by atoms with Gasteiger partial charge in [-0.3, -0.25) is 9.69 Å². The van der Waals surface area contributed by atoms with Gasteiger partial charge in [-0.2, -0.15) is 0 Å². The molecule has 0 aromatic carbocycles. The summed E-state index contributed by atoms with van der Waals surface area (Å²) in [6.45, 7) is 7.22. The van der Waals surface area contributed by atoms with Gasteiger partial charge in [0.1, 0.15) is 4.83 Å². The Bertz CT molecular complexity index is 714. The fraction of sp³-hybridized carbons (Fsp3) is 0.905. The number of nitrogens with zero attached hydrogens (tertiary/aromatic N) is 1. The number of ether oxygens (including phenoxy) is 1. The minimum atomic E-state index is -1.82. The van der Waals surface area contributed by atoms with Gasteiger partial charge in [-0.25, -0.2) is 4.79 Å². The van der Waals surface area contributed by atoms with Crippen LogP contribution in [0.15, 0.2) is 0 Å². The van der Waals surface area contributed by atoms with Crippen molar-refractivity contribution < 1.29 is 19.4 Å². The second kappa shape index (κ2) is 5.50. The summed E-state index contributed by atoms with van der Waals surface area (Å²) in [5.41, 5.74) is 0.357. The molecule has 0 radical (unpaired) electrons. The van der Waals surface area contributed by atoms with Crippen LogP contribution < -0.4 is 0 Å². The number of rotatable bonds is 0. The minimum Gasteiger partial charge on any atom is -0.405 e. The van der Waals surface area contributed by atoms with Crippen LogP contribution in [0.3, 0.4) is 0 Å². The van der Waals surface area contributed by atoms with Crippen molar-refractivity contribution in [2.75, 3.05) is 0 Å². The van der Waals surface area contributed by atoms with E-state index in [1.54, 1.807) is 0 Å². The highest BCUT2D eigenvalue weighted by atomic mass is 79.9. The van der Waals surface area contributed by atoms with E-state index in [-0.39, 0.29) is 11.5 Å². The monoisotopic (exact) mass is 439 g/mol. The first-order valence-electron chi connectivity index (χ1n) is 10.6. The van der Waals surface area contributed by atoms with Gasteiger partial charge in [0.25, 0.3) is 0 Å². The third kappa shape index (κ3) is 2.09. The fourth-order valence-electron chi connectivity index (χ4n) is 7.98. The van der Waals surface area contributed by atoms with Gasteiger partial charge in [-0.15, -0.1) is 0 Å². The highest BCUT2D eigenvalue weighted by Gasteiger charge is 2.70. The van der Waals surface area contributed by atoms with Crippen molar-refractivity contribution in [3.05, 3.63) is 0 Å². The summed E-state index contributed by atoms with van der Waals surface area (Å²) in [6, 6.07) is -0.125. The largest absolute Gasteiger partial charge is 0.405 e. The Morgan fingerprint density at radius 3 is 2.52 bits per heavy atom. The standard InChI is InChI=1S/C21H30BrNO4/c1-11-4-6-13-12-5-7-16-20(3,14(12)8-9-19(11,13)2)10-15(22)21(26)23(16)17(24)18(25)27-21/h11-16,26H,4-10H2,1-3H3. The van der Waals surface area contributed by atoms with Crippen LogP contribution in [0.1, 0.15) is 65.7 Å². The molecule has 0 spiro atoms. The van der Waals surface area contributed by atoms with Crippen LogP contribution in [0.2, 0.25) is 0 Å². The zero-order valence-electron chi connectivity index (χ0n) is 16.4. The third-order valence-corrected chi connectivity index (χ3v) is 10.5. The van der Waals surface area contributed by atoms with Crippen LogP contribution in [0, 0.1) is 34.5 Å². The second-order valence-electron chi connectivity index (χ2n) is 10.4. The van der Waals surface area contributed by atoms with Gasteiger partial charge in [0.2, 0.25) is 0 Å². The summed E-state index contributed by atoms with van der Waals surface area (Å²) in [4.78, 5) is 25.5. The molecule has 6 heteroatoms. The van der Waals surface area contributed by atoms with Crippen LogP contribution in [-0.4, -0.2) is 38.7 Å². The first-order chi connectivity index (χ1) is 12.6. The topological polar surface area (TPSA) is 66.8 Å². The average Bonchev–Trinajstić information content (AvgIpc) is 3.03. The van der Waals surface area contributed by atoms with Crippen LogP contribution >= 0.6 is 15.9 Å². The summed E-state index contributed by atoms with van der Waals surface area (Å²) in [5, 5.41) is 11.0. The van der Waals surface area contributed by atoms with Crippen LogP contribution in [0.4, 0.5) is 0 Å². The summed E-state index contributed by atoms with van der Waals surface area (Å²) in [7, 11) is 0. The van der Waals surface area contributed by atoms with Crippen molar-refractivity contribution in [2.45, 2.75) is 82.5 Å². The first kappa shape index (κ1) is 18.4. The Morgan fingerprint density at radius 2 is 1.78 bits per heavy atom. The Balaban J connectivity index is 1.53. The van der Waals surface area contributed by atoms with Crippen LogP contribution in [-0.2, 0) is 14.3 Å². The van der Waals surface area contributed by atoms with E-state index in [4.69, 9.17) is 4.74 Å². The molecule has 1 N–H and O–H groups in total. The number of aliphatic hydroxyl groups is 1. The van der Waals surface area contributed by atoms with E-state index in [1.165, 1.54) is 30.6 Å². The Kier molecular flexibility index (Phi) is 3.75.